The van der Waals surface area contributed by atoms with Crippen molar-refractivity contribution >= 4 is 0 Å². The highest BCUT2D eigenvalue weighted by atomic mass is 16.9. The predicted octanol–water partition coefficient (Wildman–Crippen LogP) is 3.11. The van der Waals surface area contributed by atoms with Crippen LogP contribution in [0.5, 0.6) is 0 Å². The van der Waals surface area contributed by atoms with Crippen molar-refractivity contribution in [1.82, 2.24) is 0 Å². The van der Waals surface area contributed by atoms with Gasteiger partial charge in [-0.1, -0.05) is 32.6 Å². The van der Waals surface area contributed by atoms with E-state index in [1.165, 1.54) is 25.7 Å². The molecule has 0 amide bonds. The highest BCUT2D eigenvalue weighted by Crippen LogP contribution is 2.24. The summed E-state index contributed by atoms with van der Waals surface area (Å²) in [6, 6.07) is 0. The van der Waals surface area contributed by atoms with Crippen molar-refractivity contribution in [2.75, 3.05) is 34.5 Å². The van der Waals surface area contributed by atoms with Crippen LogP contribution in [0, 0.1) is 0 Å². The lowest BCUT2D eigenvalue weighted by Gasteiger charge is -2.30. The van der Waals surface area contributed by atoms with Gasteiger partial charge in [0.1, 0.15) is 6.10 Å². The number of unbranched alkanes of at least 4 members (excludes halogenated alkanes) is 3. The Kier molecular flexibility index (Phi) is 9.44. The number of epoxide rings is 1. The molecule has 1 rings (SSSR count). The Morgan fingerprint density at radius 1 is 1.05 bits per heavy atom. The van der Waals surface area contributed by atoms with Crippen LogP contribution in [0.15, 0.2) is 0 Å². The Bertz CT molecular complexity index is 243. The molecule has 2 unspecified atom stereocenters. The van der Waals surface area contributed by atoms with E-state index in [1.807, 2.05) is 0 Å². The van der Waals surface area contributed by atoms with E-state index in [4.69, 9.17) is 23.7 Å². The summed E-state index contributed by atoms with van der Waals surface area (Å²) >= 11 is 0. The third-order valence-corrected chi connectivity index (χ3v) is 4.01. The van der Waals surface area contributed by atoms with Gasteiger partial charge in [-0.3, -0.25) is 0 Å². The van der Waals surface area contributed by atoms with Crippen LogP contribution in [-0.2, 0) is 23.7 Å². The van der Waals surface area contributed by atoms with Gasteiger partial charge in [-0.2, -0.15) is 0 Å². The van der Waals surface area contributed by atoms with Gasteiger partial charge in [-0.25, -0.2) is 0 Å². The standard InChI is InChI=1S/C16H32O5/c1-5-6-7-8-9-14(20-12-15-13-21-15)10-11-16(17-2,18-3)19-4/h14-15H,5-13H2,1-4H3. The van der Waals surface area contributed by atoms with Gasteiger partial charge in [-0.15, -0.1) is 0 Å². The minimum Gasteiger partial charge on any atom is -0.375 e. The first-order valence-electron chi connectivity index (χ1n) is 8.08. The van der Waals surface area contributed by atoms with E-state index < -0.39 is 5.97 Å². The lowest BCUT2D eigenvalue weighted by atomic mass is 10.0. The normalized spacial score (nSPS) is 19.7. The minimum absolute atomic E-state index is 0.214. The molecule has 0 spiro atoms. The number of hydrogen-bond acceptors (Lipinski definition) is 5. The van der Waals surface area contributed by atoms with Crippen LogP contribution in [0.3, 0.4) is 0 Å². The van der Waals surface area contributed by atoms with Crippen molar-refractivity contribution in [3.8, 4) is 0 Å². The second-order valence-corrected chi connectivity index (χ2v) is 5.59. The summed E-state index contributed by atoms with van der Waals surface area (Å²) in [5.74, 6) is -0.957. The third-order valence-electron chi connectivity index (χ3n) is 4.01. The van der Waals surface area contributed by atoms with E-state index in [2.05, 4.69) is 6.92 Å². The molecule has 5 heteroatoms. The topological polar surface area (TPSA) is 49.5 Å². The molecular formula is C16H32O5. The van der Waals surface area contributed by atoms with Gasteiger partial charge in [0.25, 0.3) is 5.97 Å². The zero-order valence-electron chi connectivity index (χ0n) is 14.1. The molecule has 0 saturated carbocycles. The van der Waals surface area contributed by atoms with E-state index in [0.29, 0.717) is 19.1 Å². The second-order valence-electron chi connectivity index (χ2n) is 5.59. The van der Waals surface area contributed by atoms with Gasteiger partial charge in [0.15, 0.2) is 0 Å². The molecule has 0 aromatic carbocycles. The van der Waals surface area contributed by atoms with E-state index >= 15 is 0 Å². The zero-order valence-corrected chi connectivity index (χ0v) is 14.1. The maximum absolute atomic E-state index is 5.98. The summed E-state index contributed by atoms with van der Waals surface area (Å²) in [6.45, 7) is 3.75. The molecule has 0 radical (unpaired) electrons. The van der Waals surface area contributed by atoms with Gasteiger partial charge in [-0.05, 0) is 12.8 Å². The molecule has 0 aromatic rings. The van der Waals surface area contributed by atoms with Crippen molar-refractivity contribution in [3.63, 3.8) is 0 Å². The minimum atomic E-state index is -0.957. The van der Waals surface area contributed by atoms with Crippen LogP contribution in [0.4, 0.5) is 0 Å². The fourth-order valence-electron chi connectivity index (χ4n) is 2.41. The summed E-state index contributed by atoms with van der Waals surface area (Å²) in [5.41, 5.74) is 0. The number of methoxy groups -OCH3 is 3. The van der Waals surface area contributed by atoms with E-state index in [9.17, 15) is 0 Å². The van der Waals surface area contributed by atoms with Gasteiger partial charge in [0, 0.05) is 27.8 Å². The largest absolute Gasteiger partial charge is 0.375 e. The summed E-state index contributed by atoms with van der Waals surface area (Å²) < 4.78 is 27.2. The Labute approximate surface area is 129 Å². The first-order chi connectivity index (χ1) is 10.2. The quantitative estimate of drug-likeness (QED) is 0.280. The average molecular weight is 304 g/mol. The van der Waals surface area contributed by atoms with Crippen LogP contribution in [0.2, 0.25) is 0 Å². The molecule has 0 N–H and O–H groups in total. The van der Waals surface area contributed by atoms with Crippen molar-refractivity contribution in [2.24, 2.45) is 0 Å². The predicted molar refractivity (Wildman–Crippen MR) is 81.2 cm³/mol. The summed E-state index contributed by atoms with van der Waals surface area (Å²) in [5, 5.41) is 0. The number of ether oxygens (including phenoxy) is 5. The highest BCUT2D eigenvalue weighted by Gasteiger charge is 2.31. The average Bonchev–Trinajstić information content (AvgIpc) is 3.34. The molecule has 1 aliphatic rings. The van der Waals surface area contributed by atoms with Gasteiger partial charge in [0.05, 0.1) is 19.3 Å². The summed E-state index contributed by atoms with van der Waals surface area (Å²) in [4.78, 5) is 0. The summed E-state index contributed by atoms with van der Waals surface area (Å²) in [6.07, 6.45) is 8.10. The van der Waals surface area contributed by atoms with Crippen molar-refractivity contribution < 1.29 is 23.7 Å². The van der Waals surface area contributed by atoms with Crippen LogP contribution in [0.25, 0.3) is 0 Å². The maximum Gasteiger partial charge on any atom is 0.282 e. The van der Waals surface area contributed by atoms with Crippen LogP contribution >= 0.6 is 0 Å². The molecule has 1 aliphatic heterocycles. The SMILES string of the molecule is CCCCCCC(CCC(OC)(OC)OC)OCC1CO1. The third kappa shape index (κ3) is 7.56. The van der Waals surface area contributed by atoms with E-state index in [0.717, 1.165) is 19.4 Å². The summed E-state index contributed by atoms with van der Waals surface area (Å²) in [7, 11) is 4.80. The van der Waals surface area contributed by atoms with Crippen molar-refractivity contribution in [2.45, 2.75) is 70.1 Å². The monoisotopic (exact) mass is 304 g/mol. The van der Waals surface area contributed by atoms with Gasteiger partial charge in [0.2, 0.25) is 0 Å². The fraction of sp³-hybridized carbons (Fsp3) is 1.00. The molecule has 21 heavy (non-hydrogen) atoms. The molecule has 0 bridgehead atoms. The van der Waals surface area contributed by atoms with E-state index in [-0.39, 0.29) is 6.10 Å². The molecule has 0 aromatic heterocycles. The van der Waals surface area contributed by atoms with Crippen LogP contribution < -0.4 is 0 Å². The molecule has 126 valence electrons. The first kappa shape index (κ1) is 18.8. The molecule has 1 fully saturated rings. The van der Waals surface area contributed by atoms with Crippen molar-refractivity contribution in [1.29, 1.82) is 0 Å². The lowest BCUT2D eigenvalue weighted by Crippen LogP contribution is -2.37. The van der Waals surface area contributed by atoms with Crippen LogP contribution in [-0.4, -0.2) is 52.7 Å². The fourth-order valence-corrected chi connectivity index (χ4v) is 2.41. The highest BCUT2D eigenvalue weighted by molar-refractivity contribution is 4.71. The Morgan fingerprint density at radius 2 is 1.71 bits per heavy atom. The van der Waals surface area contributed by atoms with Crippen molar-refractivity contribution in [3.05, 3.63) is 0 Å². The molecule has 0 aliphatic carbocycles. The Morgan fingerprint density at radius 3 is 2.24 bits per heavy atom. The first-order valence-corrected chi connectivity index (χ1v) is 8.08. The second kappa shape index (κ2) is 10.5. The Balaban J connectivity index is 2.34. The van der Waals surface area contributed by atoms with Gasteiger partial charge >= 0.3 is 0 Å². The Hall–Kier alpha value is -0.200. The molecule has 5 nitrogen and oxygen atoms in total. The maximum atomic E-state index is 5.98. The molecule has 2 atom stereocenters. The van der Waals surface area contributed by atoms with E-state index in [1.54, 1.807) is 21.3 Å². The lowest BCUT2D eigenvalue weighted by molar-refractivity contribution is -0.356. The molecule has 1 saturated heterocycles. The van der Waals surface area contributed by atoms with Crippen LogP contribution in [0.1, 0.15) is 51.9 Å². The number of rotatable bonds is 14. The molecular weight excluding hydrogens is 272 g/mol. The smallest absolute Gasteiger partial charge is 0.282 e. The number of hydrogen-bond donors (Lipinski definition) is 0. The van der Waals surface area contributed by atoms with Gasteiger partial charge < -0.3 is 23.7 Å². The molecule has 1 heterocycles. The zero-order chi connectivity index (χ0) is 15.6.